The molecule has 0 aromatic heterocycles. The number of carbonyl (C=O) groups is 2. The van der Waals surface area contributed by atoms with E-state index in [-0.39, 0.29) is 19.6 Å². The zero-order chi connectivity index (χ0) is 23.7. The molecule has 0 aliphatic carbocycles. The Morgan fingerprint density at radius 2 is 1.38 bits per heavy atom. The lowest BCUT2D eigenvalue weighted by molar-refractivity contribution is -0.777. The normalized spacial score (nSPS) is 12.0. The van der Waals surface area contributed by atoms with E-state index >= 15 is 0 Å². The fourth-order valence-corrected chi connectivity index (χ4v) is 3.24. The Bertz CT molecular complexity index is 442. The van der Waals surface area contributed by atoms with Gasteiger partial charge in [-0.2, -0.15) is 0 Å². The van der Waals surface area contributed by atoms with E-state index in [4.69, 9.17) is 13.7 Å². The molecule has 190 valence electrons. The summed E-state index contributed by atoms with van der Waals surface area (Å²) in [5.41, 5.74) is 0. The van der Waals surface area contributed by atoms with E-state index in [1.807, 2.05) is 0 Å². The Labute approximate surface area is 197 Å². The van der Waals surface area contributed by atoms with Crippen molar-refractivity contribution in [3.63, 3.8) is 0 Å². The molecule has 0 radical (unpaired) electrons. The first-order valence-corrected chi connectivity index (χ1v) is 12.6. The van der Waals surface area contributed by atoms with E-state index in [9.17, 15) is 14.8 Å². The molecule has 32 heavy (non-hydrogen) atoms. The molecule has 1 N–H and O–H groups in total. The lowest BCUT2D eigenvalue weighted by Crippen LogP contribution is -2.41. The molecule has 0 saturated heterocycles. The zero-order valence-electron chi connectivity index (χ0n) is 19.8. The molecule has 0 bridgehead atoms. The van der Waals surface area contributed by atoms with Crippen LogP contribution in [0, 0.1) is 0 Å². The topological polar surface area (TPSA) is 115 Å². The molecule has 0 rings (SSSR count). The third-order valence-corrected chi connectivity index (χ3v) is 5.21. The molecule has 1 atom stereocenters. The van der Waals surface area contributed by atoms with E-state index in [0.29, 0.717) is 25.5 Å². The van der Waals surface area contributed by atoms with Crippen molar-refractivity contribution < 1.29 is 37.9 Å². The van der Waals surface area contributed by atoms with Gasteiger partial charge < -0.3 is 20.0 Å². The molecular weight excluding hydrogens is 438 g/mol. The second-order valence-corrected chi connectivity index (χ2v) is 8.17. The highest BCUT2D eigenvalue weighted by Crippen LogP contribution is 2.08. The monoisotopic (exact) mass is 480 g/mol. The van der Waals surface area contributed by atoms with Crippen LogP contribution in [-0.2, 0) is 32.6 Å². The van der Waals surface area contributed by atoms with Crippen LogP contribution in [0.4, 0.5) is 0 Å². The molecular formula is C22H42NO8S-. The smallest absolute Gasteiger partial charge is 0.323 e. The molecule has 10 heteroatoms. The Hall–Kier alpha value is -0.910. The van der Waals surface area contributed by atoms with E-state index in [0.717, 1.165) is 38.5 Å². The van der Waals surface area contributed by atoms with Gasteiger partial charge >= 0.3 is 11.9 Å². The van der Waals surface area contributed by atoms with Crippen molar-refractivity contribution in [2.45, 2.75) is 103 Å². The molecule has 0 aliphatic rings. The minimum absolute atomic E-state index is 0.113. The second-order valence-electron chi connectivity index (χ2n) is 7.66. The number of unbranched alkanes of at least 4 members (excludes halogenated alkanes) is 10. The second kappa shape index (κ2) is 24.7. The summed E-state index contributed by atoms with van der Waals surface area (Å²) < 4.78 is 19.5. The van der Waals surface area contributed by atoms with Gasteiger partial charge in [0.25, 0.3) is 0 Å². The van der Waals surface area contributed by atoms with Gasteiger partial charge in [0, 0.05) is 6.54 Å². The van der Waals surface area contributed by atoms with E-state index < -0.39 is 18.0 Å². The molecule has 9 nitrogen and oxygen atoms in total. The maximum atomic E-state index is 12.4. The molecule has 0 aliphatic heterocycles. The lowest BCUT2D eigenvalue weighted by atomic mass is 10.1. The van der Waals surface area contributed by atoms with Crippen LogP contribution in [0.5, 0.6) is 0 Å². The minimum atomic E-state index is -0.822. The highest BCUT2D eigenvalue weighted by atomic mass is 32.2. The summed E-state index contributed by atoms with van der Waals surface area (Å²) in [6, 6.07) is -0.822. The van der Waals surface area contributed by atoms with Crippen LogP contribution in [0.3, 0.4) is 0 Å². The Morgan fingerprint density at radius 3 is 1.97 bits per heavy atom. The average molecular weight is 481 g/mol. The number of ether oxygens (including phenoxy) is 2. The summed E-state index contributed by atoms with van der Waals surface area (Å²) >= 11 is 0.390. The molecule has 0 heterocycles. The van der Waals surface area contributed by atoms with E-state index in [1.165, 1.54) is 38.5 Å². The van der Waals surface area contributed by atoms with Crippen molar-refractivity contribution >= 4 is 24.3 Å². The fourth-order valence-electron chi connectivity index (χ4n) is 3.03. The number of rotatable bonds is 24. The van der Waals surface area contributed by atoms with Gasteiger partial charge in [-0.3, -0.25) is 18.8 Å². The highest BCUT2D eigenvalue weighted by Gasteiger charge is 2.23. The van der Waals surface area contributed by atoms with E-state index in [2.05, 4.69) is 28.5 Å². The first-order valence-electron chi connectivity index (χ1n) is 12.0. The Morgan fingerprint density at radius 1 is 0.812 bits per heavy atom. The predicted molar refractivity (Wildman–Crippen MR) is 121 cm³/mol. The van der Waals surface area contributed by atoms with Crippen molar-refractivity contribution in [3.05, 3.63) is 0 Å². The van der Waals surface area contributed by atoms with Gasteiger partial charge in [0.1, 0.15) is 6.04 Å². The zero-order valence-corrected chi connectivity index (χ0v) is 20.6. The van der Waals surface area contributed by atoms with Crippen molar-refractivity contribution in [2.24, 2.45) is 0 Å². The first kappa shape index (κ1) is 31.1. The third-order valence-electron chi connectivity index (χ3n) is 4.84. The van der Waals surface area contributed by atoms with E-state index in [1.54, 1.807) is 0 Å². The molecule has 1 unspecified atom stereocenters. The Balaban J connectivity index is 4.22. The SMILES string of the molecule is CCCCCCCCOC(=O)CC(NCCOSOO[O-])C(=O)OCCCCCCCC. The molecule has 0 aromatic rings. The summed E-state index contributed by atoms with van der Waals surface area (Å²) in [6.07, 6.45) is 13.0. The summed E-state index contributed by atoms with van der Waals surface area (Å²) in [5, 5.41) is 15.8. The summed E-state index contributed by atoms with van der Waals surface area (Å²) in [7, 11) is 0. The van der Waals surface area contributed by atoms with Crippen molar-refractivity contribution in [1.29, 1.82) is 0 Å². The average Bonchev–Trinajstić information content (AvgIpc) is 2.79. The summed E-state index contributed by atoms with van der Waals surface area (Å²) in [6.45, 7) is 5.40. The molecule has 0 aromatic carbocycles. The predicted octanol–water partition coefficient (Wildman–Crippen LogP) is 3.95. The maximum absolute atomic E-state index is 12.4. The summed E-state index contributed by atoms with van der Waals surface area (Å²) in [4.78, 5) is 24.6. The van der Waals surface area contributed by atoms with Crippen LogP contribution in [0.15, 0.2) is 0 Å². The number of esters is 2. The number of carbonyl (C=O) groups excluding carboxylic acids is 2. The minimum Gasteiger partial charge on any atom is -0.691 e. The van der Waals surface area contributed by atoms with Gasteiger partial charge in [-0.1, -0.05) is 78.1 Å². The van der Waals surface area contributed by atoms with Gasteiger partial charge in [-0.05, 0) is 12.8 Å². The number of nitrogens with one attached hydrogen (secondary N) is 1. The van der Waals surface area contributed by atoms with Crippen molar-refractivity contribution in [1.82, 2.24) is 5.32 Å². The van der Waals surface area contributed by atoms with Gasteiger partial charge in [-0.25, -0.2) is 0 Å². The maximum Gasteiger partial charge on any atom is 0.323 e. The lowest BCUT2D eigenvalue weighted by Gasteiger charge is -2.17. The molecule has 0 spiro atoms. The third kappa shape index (κ3) is 21.0. The highest BCUT2D eigenvalue weighted by molar-refractivity contribution is 7.89. The van der Waals surface area contributed by atoms with Gasteiger partial charge in [0.05, 0.1) is 26.2 Å². The molecule has 0 saturated carbocycles. The van der Waals surface area contributed by atoms with Gasteiger partial charge in [-0.15, -0.1) is 4.33 Å². The van der Waals surface area contributed by atoms with Crippen LogP contribution in [0.25, 0.3) is 0 Å². The molecule has 0 fully saturated rings. The molecule has 0 amide bonds. The van der Waals surface area contributed by atoms with Crippen LogP contribution < -0.4 is 10.6 Å². The van der Waals surface area contributed by atoms with Crippen LogP contribution in [-0.4, -0.2) is 44.3 Å². The largest absolute Gasteiger partial charge is 0.691 e. The fraction of sp³-hybridized carbons (Fsp3) is 0.909. The van der Waals surface area contributed by atoms with Gasteiger partial charge in [0.15, 0.2) is 12.3 Å². The van der Waals surface area contributed by atoms with Crippen LogP contribution in [0.1, 0.15) is 97.3 Å². The first-order chi connectivity index (χ1) is 15.7. The quantitative estimate of drug-likeness (QED) is 0.0716. The standard InChI is InChI=1S/C22H43NO8S/c1-3-5-7-9-11-13-16-27-21(24)19-20(23-15-18-29-32-31-30-26)22(25)28-17-14-12-10-8-6-4-2/h20,23,26H,3-19H2,1-2H3/p-1. The van der Waals surface area contributed by atoms with Crippen LogP contribution >= 0.6 is 12.3 Å². The number of hydrogen-bond acceptors (Lipinski definition) is 10. The van der Waals surface area contributed by atoms with Gasteiger partial charge in [0.2, 0.25) is 0 Å². The Kier molecular flexibility index (Phi) is 24.0. The summed E-state index contributed by atoms with van der Waals surface area (Å²) in [5.74, 6) is -0.923. The number of hydrogen-bond donors (Lipinski definition) is 1. The van der Waals surface area contributed by atoms with Crippen LogP contribution in [0.2, 0.25) is 0 Å². The van der Waals surface area contributed by atoms with Crippen molar-refractivity contribution in [3.8, 4) is 0 Å². The van der Waals surface area contributed by atoms with Crippen molar-refractivity contribution in [2.75, 3.05) is 26.4 Å².